The van der Waals surface area contributed by atoms with E-state index in [1.54, 1.807) is 60.7 Å². The van der Waals surface area contributed by atoms with E-state index in [-0.39, 0.29) is 0 Å². The lowest BCUT2D eigenvalue weighted by Gasteiger charge is -2.23. The van der Waals surface area contributed by atoms with Crippen molar-refractivity contribution < 1.29 is 33.3 Å². The monoisotopic (exact) mass is 396 g/mol. The highest BCUT2D eigenvalue weighted by Crippen LogP contribution is 2.30. The molecule has 7 nitrogen and oxygen atoms in total. The topological polar surface area (TPSA) is 88.1 Å². The van der Waals surface area contributed by atoms with Gasteiger partial charge >= 0.3 is 17.9 Å². The fourth-order valence-corrected chi connectivity index (χ4v) is 2.89. The SMILES string of the molecule is C=C[C@H]1OC(OC(C)=O)[C@H](OC(=O)c2ccccc2)[C@@H]1OC(=O)c1ccccc1. The van der Waals surface area contributed by atoms with Crippen LogP contribution in [0.5, 0.6) is 0 Å². The van der Waals surface area contributed by atoms with E-state index in [0.29, 0.717) is 11.1 Å². The van der Waals surface area contributed by atoms with Gasteiger partial charge in [0.05, 0.1) is 11.1 Å². The van der Waals surface area contributed by atoms with Crippen LogP contribution >= 0.6 is 0 Å². The third-order valence-electron chi connectivity index (χ3n) is 4.23. The number of carbonyl (C=O) groups is 3. The molecule has 0 N–H and O–H groups in total. The van der Waals surface area contributed by atoms with E-state index in [9.17, 15) is 14.4 Å². The van der Waals surface area contributed by atoms with Gasteiger partial charge in [-0.3, -0.25) is 4.79 Å². The van der Waals surface area contributed by atoms with Crippen LogP contribution in [0, 0.1) is 0 Å². The molecule has 0 aromatic heterocycles. The summed E-state index contributed by atoms with van der Waals surface area (Å²) in [5.74, 6) is -1.93. The van der Waals surface area contributed by atoms with E-state index >= 15 is 0 Å². The number of benzene rings is 2. The number of carbonyl (C=O) groups excluding carboxylic acids is 3. The molecule has 0 bridgehead atoms. The molecule has 0 aliphatic carbocycles. The standard InChI is InChI=1S/C22H20O7/c1-3-17-18(28-20(24)15-10-6-4-7-11-15)19(22(27-17)26-14(2)23)29-21(25)16-12-8-5-9-13-16/h3-13,17-19,22H,1H2,2H3/t17-,18-,19-,22?/m1/s1. The van der Waals surface area contributed by atoms with Gasteiger partial charge in [-0.05, 0) is 24.3 Å². The molecule has 2 aromatic carbocycles. The summed E-state index contributed by atoms with van der Waals surface area (Å²) < 4.78 is 21.8. The first-order valence-corrected chi connectivity index (χ1v) is 8.97. The number of hydrogen-bond donors (Lipinski definition) is 0. The summed E-state index contributed by atoms with van der Waals surface area (Å²) in [6.45, 7) is 4.86. The average molecular weight is 396 g/mol. The summed E-state index contributed by atoms with van der Waals surface area (Å²) >= 11 is 0. The fraction of sp³-hybridized carbons (Fsp3) is 0.227. The van der Waals surface area contributed by atoms with Crippen molar-refractivity contribution in [1.29, 1.82) is 0 Å². The summed E-state index contributed by atoms with van der Waals surface area (Å²) in [6.07, 6.45) is -2.88. The van der Waals surface area contributed by atoms with Gasteiger partial charge in [0.15, 0.2) is 6.10 Å². The lowest BCUT2D eigenvalue weighted by Crippen LogP contribution is -2.41. The van der Waals surface area contributed by atoms with E-state index < -0.39 is 42.5 Å². The van der Waals surface area contributed by atoms with E-state index in [2.05, 4.69) is 6.58 Å². The number of ether oxygens (including phenoxy) is 4. The lowest BCUT2D eigenvalue weighted by molar-refractivity contribution is -0.183. The van der Waals surface area contributed by atoms with Crippen molar-refractivity contribution in [3.8, 4) is 0 Å². The molecule has 0 saturated carbocycles. The van der Waals surface area contributed by atoms with Crippen LogP contribution in [0.4, 0.5) is 0 Å². The van der Waals surface area contributed by atoms with E-state index in [1.807, 2.05) is 0 Å². The van der Waals surface area contributed by atoms with Crippen LogP contribution < -0.4 is 0 Å². The molecule has 7 heteroatoms. The molecule has 0 spiro atoms. The largest absolute Gasteiger partial charge is 0.451 e. The molecule has 0 radical (unpaired) electrons. The maximum Gasteiger partial charge on any atom is 0.338 e. The van der Waals surface area contributed by atoms with Gasteiger partial charge in [0.1, 0.15) is 6.10 Å². The smallest absolute Gasteiger partial charge is 0.338 e. The Morgan fingerprint density at radius 3 is 1.76 bits per heavy atom. The maximum absolute atomic E-state index is 12.5. The predicted molar refractivity (Wildman–Crippen MR) is 102 cm³/mol. The zero-order valence-electron chi connectivity index (χ0n) is 15.7. The molecule has 150 valence electrons. The molecule has 0 amide bonds. The molecule has 2 aromatic rings. The molecule has 4 atom stereocenters. The summed E-state index contributed by atoms with van der Waals surface area (Å²) in [5, 5.41) is 0. The van der Waals surface area contributed by atoms with Gasteiger partial charge in [-0.15, -0.1) is 6.58 Å². The number of rotatable bonds is 6. The van der Waals surface area contributed by atoms with E-state index in [0.717, 1.165) is 0 Å². The third kappa shape index (κ3) is 4.89. The first-order chi connectivity index (χ1) is 14.0. The van der Waals surface area contributed by atoms with Crippen molar-refractivity contribution in [1.82, 2.24) is 0 Å². The molecule has 1 aliphatic heterocycles. The van der Waals surface area contributed by atoms with Crippen LogP contribution in [0.25, 0.3) is 0 Å². The molecule has 3 rings (SSSR count). The van der Waals surface area contributed by atoms with E-state index in [4.69, 9.17) is 18.9 Å². The Hall–Kier alpha value is -3.45. The quantitative estimate of drug-likeness (QED) is 0.421. The molecular formula is C22H20O7. The Morgan fingerprint density at radius 2 is 1.31 bits per heavy atom. The number of hydrogen-bond acceptors (Lipinski definition) is 7. The van der Waals surface area contributed by atoms with Crippen LogP contribution in [0.2, 0.25) is 0 Å². The Labute approximate surface area is 167 Å². The van der Waals surface area contributed by atoms with Crippen LogP contribution in [0.3, 0.4) is 0 Å². The summed E-state index contributed by atoms with van der Waals surface area (Å²) in [5.41, 5.74) is 0.614. The molecule has 1 saturated heterocycles. The van der Waals surface area contributed by atoms with Gasteiger partial charge < -0.3 is 18.9 Å². The van der Waals surface area contributed by atoms with Gasteiger partial charge in [-0.1, -0.05) is 42.5 Å². The Balaban J connectivity index is 1.84. The minimum absolute atomic E-state index is 0.296. The Morgan fingerprint density at radius 1 is 0.828 bits per heavy atom. The van der Waals surface area contributed by atoms with Gasteiger partial charge in [-0.25, -0.2) is 9.59 Å². The average Bonchev–Trinajstić information content (AvgIpc) is 3.04. The Bertz CT molecular complexity index is 879. The van der Waals surface area contributed by atoms with Gasteiger partial charge in [0.2, 0.25) is 12.4 Å². The second-order valence-corrected chi connectivity index (χ2v) is 6.29. The highest BCUT2D eigenvalue weighted by atomic mass is 16.7. The Kier molecular flexibility index (Phi) is 6.41. The second-order valence-electron chi connectivity index (χ2n) is 6.29. The van der Waals surface area contributed by atoms with Crippen molar-refractivity contribution in [2.24, 2.45) is 0 Å². The van der Waals surface area contributed by atoms with Gasteiger partial charge in [-0.2, -0.15) is 0 Å². The van der Waals surface area contributed by atoms with Crippen LogP contribution in [-0.2, 0) is 23.7 Å². The maximum atomic E-state index is 12.5. The summed E-state index contributed by atoms with van der Waals surface area (Å²) in [4.78, 5) is 36.5. The van der Waals surface area contributed by atoms with Crippen LogP contribution in [0.1, 0.15) is 27.6 Å². The normalized spacial score (nSPS) is 23.1. The van der Waals surface area contributed by atoms with E-state index in [1.165, 1.54) is 13.0 Å². The zero-order valence-corrected chi connectivity index (χ0v) is 15.7. The molecule has 29 heavy (non-hydrogen) atoms. The highest BCUT2D eigenvalue weighted by Gasteiger charge is 2.50. The minimum atomic E-state index is -1.24. The first kappa shape index (κ1) is 20.3. The third-order valence-corrected chi connectivity index (χ3v) is 4.23. The second kappa shape index (κ2) is 9.16. The summed E-state index contributed by atoms with van der Waals surface area (Å²) in [7, 11) is 0. The van der Waals surface area contributed by atoms with Crippen molar-refractivity contribution in [3.05, 3.63) is 84.4 Å². The lowest BCUT2D eigenvalue weighted by atomic mass is 10.1. The van der Waals surface area contributed by atoms with Crippen molar-refractivity contribution >= 4 is 17.9 Å². The van der Waals surface area contributed by atoms with Gasteiger partial charge in [0, 0.05) is 6.92 Å². The molecule has 1 heterocycles. The first-order valence-electron chi connectivity index (χ1n) is 8.97. The number of esters is 3. The minimum Gasteiger partial charge on any atom is -0.451 e. The van der Waals surface area contributed by atoms with Crippen molar-refractivity contribution in [2.45, 2.75) is 31.5 Å². The van der Waals surface area contributed by atoms with Crippen molar-refractivity contribution in [3.63, 3.8) is 0 Å². The molecule has 1 fully saturated rings. The summed E-state index contributed by atoms with van der Waals surface area (Å²) in [6, 6.07) is 16.6. The zero-order chi connectivity index (χ0) is 20.8. The van der Waals surface area contributed by atoms with Crippen LogP contribution in [0.15, 0.2) is 73.3 Å². The fourth-order valence-electron chi connectivity index (χ4n) is 2.89. The molecule has 1 unspecified atom stereocenters. The predicted octanol–water partition coefficient (Wildman–Crippen LogP) is 2.91. The van der Waals surface area contributed by atoms with Crippen molar-refractivity contribution in [2.75, 3.05) is 0 Å². The van der Waals surface area contributed by atoms with Crippen LogP contribution in [-0.4, -0.2) is 42.5 Å². The molecular weight excluding hydrogens is 376 g/mol. The molecule has 1 aliphatic rings. The van der Waals surface area contributed by atoms with Gasteiger partial charge in [0.25, 0.3) is 0 Å². The highest BCUT2D eigenvalue weighted by molar-refractivity contribution is 5.90.